The van der Waals surface area contributed by atoms with Crippen LogP contribution in [-0.2, 0) is 13.0 Å². The summed E-state index contributed by atoms with van der Waals surface area (Å²) in [7, 11) is 0. The van der Waals surface area contributed by atoms with Crippen molar-refractivity contribution in [1.82, 2.24) is 9.78 Å². The molecule has 1 aromatic carbocycles. The topological polar surface area (TPSA) is 79.4 Å². The highest BCUT2D eigenvalue weighted by atomic mass is 16.5. The van der Waals surface area contributed by atoms with Crippen LogP contribution in [0, 0.1) is 0 Å². The van der Waals surface area contributed by atoms with E-state index in [0.29, 0.717) is 18.7 Å². The highest BCUT2D eigenvalue weighted by Gasteiger charge is 2.22. The summed E-state index contributed by atoms with van der Waals surface area (Å²) in [6.07, 6.45) is 4.18. The van der Waals surface area contributed by atoms with Gasteiger partial charge in [0.2, 0.25) is 0 Å². The molecule has 1 aliphatic rings. The highest BCUT2D eigenvalue weighted by Crippen LogP contribution is 2.35. The van der Waals surface area contributed by atoms with Crippen molar-refractivity contribution in [1.29, 1.82) is 0 Å². The van der Waals surface area contributed by atoms with Crippen LogP contribution in [0.3, 0.4) is 0 Å². The van der Waals surface area contributed by atoms with Crippen molar-refractivity contribution in [2.75, 3.05) is 6.61 Å². The number of aromatic nitrogens is 2. The maximum absolute atomic E-state index is 11.1. The van der Waals surface area contributed by atoms with Gasteiger partial charge in [-0.25, -0.2) is 0 Å². The Balaban J connectivity index is 1.91. The SMILES string of the molecule is CCOc1cc2c(cc1Cn1cc(C(N)=O)cn1)O[C@H](C)C2. The Bertz CT molecular complexity index is 709. The van der Waals surface area contributed by atoms with Crippen LogP contribution in [0.5, 0.6) is 11.5 Å². The average Bonchev–Trinajstić information content (AvgIpc) is 3.05. The summed E-state index contributed by atoms with van der Waals surface area (Å²) in [5.41, 5.74) is 7.77. The summed E-state index contributed by atoms with van der Waals surface area (Å²) in [6, 6.07) is 4.03. The lowest BCUT2D eigenvalue weighted by atomic mass is 10.1. The van der Waals surface area contributed by atoms with E-state index in [9.17, 15) is 4.79 Å². The van der Waals surface area contributed by atoms with Crippen molar-refractivity contribution >= 4 is 5.91 Å². The van der Waals surface area contributed by atoms with E-state index in [2.05, 4.69) is 5.10 Å². The molecule has 0 fully saturated rings. The maximum Gasteiger partial charge on any atom is 0.251 e. The van der Waals surface area contributed by atoms with E-state index < -0.39 is 5.91 Å². The second-order valence-corrected chi connectivity index (χ2v) is 5.42. The lowest BCUT2D eigenvalue weighted by Gasteiger charge is -2.12. The van der Waals surface area contributed by atoms with Crippen LogP contribution >= 0.6 is 0 Å². The van der Waals surface area contributed by atoms with Gasteiger partial charge in [0.1, 0.15) is 17.6 Å². The molecule has 0 saturated carbocycles. The van der Waals surface area contributed by atoms with Gasteiger partial charge in [-0.15, -0.1) is 0 Å². The van der Waals surface area contributed by atoms with E-state index >= 15 is 0 Å². The molecule has 1 amide bonds. The number of nitrogens with two attached hydrogens (primary N) is 1. The minimum Gasteiger partial charge on any atom is -0.494 e. The van der Waals surface area contributed by atoms with E-state index in [-0.39, 0.29) is 6.10 Å². The number of carbonyl (C=O) groups excluding carboxylic acids is 1. The van der Waals surface area contributed by atoms with Gasteiger partial charge in [0.25, 0.3) is 5.91 Å². The monoisotopic (exact) mass is 301 g/mol. The van der Waals surface area contributed by atoms with Gasteiger partial charge in [-0.1, -0.05) is 0 Å². The summed E-state index contributed by atoms with van der Waals surface area (Å²) in [6.45, 7) is 5.09. The van der Waals surface area contributed by atoms with Crippen LogP contribution < -0.4 is 15.2 Å². The molecular weight excluding hydrogens is 282 g/mol. The van der Waals surface area contributed by atoms with Gasteiger partial charge < -0.3 is 15.2 Å². The van der Waals surface area contributed by atoms with E-state index in [0.717, 1.165) is 29.0 Å². The first-order valence-corrected chi connectivity index (χ1v) is 7.34. The molecule has 2 heterocycles. The van der Waals surface area contributed by atoms with Gasteiger partial charge in [0.15, 0.2) is 0 Å². The molecule has 0 unspecified atom stereocenters. The Kier molecular flexibility index (Phi) is 3.75. The zero-order valence-electron chi connectivity index (χ0n) is 12.7. The molecule has 0 spiro atoms. The van der Waals surface area contributed by atoms with Gasteiger partial charge in [-0.05, 0) is 26.0 Å². The summed E-state index contributed by atoms with van der Waals surface area (Å²) in [4.78, 5) is 11.1. The summed E-state index contributed by atoms with van der Waals surface area (Å²) < 4.78 is 13.2. The Labute approximate surface area is 128 Å². The zero-order valence-corrected chi connectivity index (χ0v) is 12.7. The van der Waals surface area contributed by atoms with Crippen LogP contribution in [0.1, 0.15) is 35.3 Å². The smallest absolute Gasteiger partial charge is 0.251 e. The van der Waals surface area contributed by atoms with Gasteiger partial charge in [0.05, 0.1) is 24.9 Å². The number of rotatable bonds is 5. The van der Waals surface area contributed by atoms with Gasteiger partial charge in [0, 0.05) is 23.7 Å². The van der Waals surface area contributed by atoms with Crippen LogP contribution in [0.2, 0.25) is 0 Å². The number of benzene rings is 1. The number of ether oxygens (including phenoxy) is 2. The van der Waals surface area contributed by atoms with Crippen LogP contribution in [-0.4, -0.2) is 28.4 Å². The molecule has 0 aliphatic carbocycles. The average molecular weight is 301 g/mol. The molecule has 1 atom stereocenters. The maximum atomic E-state index is 11.1. The van der Waals surface area contributed by atoms with Gasteiger partial charge in [-0.3, -0.25) is 9.48 Å². The third-order valence-electron chi connectivity index (χ3n) is 3.63. The Morgan fingerprint density at radius 3 is 3.05 bits per heavy atom. The van der Waals surface area contributed by atoms with Crippen molar-refractivity contribution in [2.24, 2.45) is 5.73 Å². The predicted octanol–water partition coefficient (Wildman–Crippen LogP) is 1.75. The summed E-state index contributed by atoms with van der Waals surface area (Å²) in [5.74, 6) is 1.24. The first-order valence-electron chi connectivity index (χ1n) is 7.34. The van der Waals surface area contributed by atoms with Gasteiger partial charge >= 0.3 is 0 Å². The normalized spacial score (nSPS) is 16.2. The standard InChI is InChI=1S/C16H19N3O3/c1-3-21-14-5-11-4-10(2)22-15(11)6-12(14)8-19-9-13(7-18-19)16(17)20/h5-7,9-10H,3-4,8H2,1-2H3,(H2,17,20)/t10-/m1/s1. The highest BCUT2D eigenvalue weighted by molar-refractivity contribution is 5.92. The van der Waals surface area contributed by atoms with Crippen molar-refractivity contribution in [3.05, 3.63) is 41.2 Å². The third kappa shape index (κ3) is 2.77. The Morgan fingerprint density at radius 2 is 2.36 bits per heavy atom. The number of carbonyl (C=O) groups is 1. The summed E-state index contributed by atoms with van der Waals surface area (Å²) in [5, 5.41) is 4.16. The lowest BCUT2D eigenvalue weighted by molar-refractivity contribution is 0.1000. The van der Waals surface area contributed by atoms with E-state index in [1.54, 1.807) is 10.9 Å². The third-order valence-corrected chi connectivity index (χ3v) is 3.63. The van der Waals surface area contributed by atoms with Crippen LogP contribution in [0.4, 0.5) is 0 Å². The Hall–Kier alpha value is -2.50. The quantitative estimate of drug-likeness (QED) is 0.912. The second-order valence-electron chi connectivity index (χ2n) is 5.42. The minimum absolute atomic E-state index is 0.186. The van der Waals surface area contributed by atoms with Crippen molar-refractivity contribution in [3.63, 3.8) is 0 Å². The molecule has 0 radical (unpaired) electrons. The number of hydrogen-bond acceptors (Lipinski definition) is 4. The van der Waals surface area contributed by atoms with E-state index in [1.165, 1.54) is 6.20 Å². The molecular formula is C16H19N3O3. The van der Waals surface area contributed by atoms with Crippen molar-refractivity contribution in [3.8, 4) is 11.5 Å². The molecule has 1 aliphatic heterocycles. The fourth-order valence-corrected chi connectivity index (χ4v) is 2.65. The fraction of sp³-hybridized carbons (Fsp3) is 0.375. The number of nitrogens with zero attached hydrogens (tertiary/aromatic N) is 2. The molecule has 0 saturated heterocycles. The molecule has 2 N–H and O–H groups in total. The minimum atomic E-state index is -0.484. The first-order chi connectivity index (χ1) is 10.6. The number of amides is 1. The molecule has 2 aromatic rings. The molecule has 6 nitrogen and oxygen atoms in total. The van der Waals surface area contributed by atoms with Crippen LogP contribution in [0.25, 0.3) is 0 Å². The Morgan fingerprint density at radius 1 is 1.55 bits per heavy atom. The molecule has 0 bridgehead atoms. The molecule has 6 heteroatoms. The van der Waals surface area contributed by atoms with Gasteiger partial charge in [-0.2, -0.15) is 5.10 Å². The number of primary amides is 1. The number of hydrogen-bond donors (Lipinski definition) is 1. The molecule has 1 aromatic heterocycles. The summed E-state index contributed by atoms with van der Waals surface area (Å²) >= 11 is 0. The number of fused-ring (bicyclic) bond motifs is 1. The second kappa shape index (κ2) is 5.71. The van der Waals surface area contributed by atoms with Crippen molar-refractivity contribution in [2.45, 2.75) is 32.9 Å². The fourth-order valence-electron chi connectivity index (χ4n) is 2.65. The van der Waals surface area contributed by atoms with Crippen molar-refractivity contribution < 1.29 is 14.3 Å². The van der Waals surface area contributed by atoms with E-state index in [4.69, 9.17) is 15.2 Å². The largest absolute Gasteiger partial charge is 0.494 e. The molecule has 22 heavy (non-hydrogen) atoms. The molecule has 3 rings (SSSR count). The van der Waals surface area contributed by atoms with E-state index in [1.807, 2.05) is 26.0 Å². The first kappa shape index (κ1) is 14.4. The van der Waals surface area contributed by atoms with Crippen LogP contribution in [0.15, 0.2) is 24.5 Å². The molecule has 116 valence electrons. The lowest BCUT2D eigenvalue weighted by Crippen LogP contribution is -2.10. The zero-order chi connectivity index (χ0) is 15.7. The predicted molar refractivity (Wildman–Crippen MR) is 81.3 cm³/mol.